The predicted octanol–water partition coefficient (Wildman–Crippen LogP) is 2.39. The summed E-state index contributed by atoms with van der Waals surface area (Å²) in [6.07, 6.45) is 3.38. The van der Waals surface area contributed by atoms with Crippen LogP contribution in [-0.4, -0.2) is 36.6 Å². The molecule has 0 saturated carbocycles. The number of likely N-dealkylation sites (tertiary alicyclic amines) is 1. The van der Waals surface area contributed by atoms with Crippen molar-refractivity contribution in [2.24, 2.45) is 10.7 Å². The van der Waals surface area contributed by atoms with Gasteiger partial charge in [0.05, 0.1) is 6.54 Å². The van der Waals surface area contributed by atoms with Gasteiger partial charge in [-0.15, -0.1) is 0 Å². The number of nitrogens with two attached hydrogens (primary N) is 1. The van der Waals surface area contributed by atoms with E-state index in [0.717, 1.165) is 25.9 Å². The number of halogens is 1. The first-order valence-electron chi connectivity index (χ1n) is 7.13. The molecule has 1 atom stereocenters. The normalized spacial score (nSPS) is 17.9. The lowest BCUT2D eigenvalue weighted by molar-refractivity contribution is 0.219. The Morgan fingerprint density at radius 3 is 2.75 bits per heavy atom. The molecule has 2 rings (SSSR count). The molecule has 1 fully saturated rings. The van der Waals surface area contributed by atoms with Gasteiger partial charge in [-0.3, -0.25) is 0 Å². The van der Waals surface area contributed by atoms with E-state index in [1.165, 1.54) is 12.5 Å². The fourth-order valence-corrected chi connectivity index (χ4v) is 2.24. The van der Waals surface area contributed by atoms with Crippen molar-refractivity contribution in [3.05, 3.63) is 30.1 Å². The number of para-hydroxylation sites is 1. The summed E-state index contributed by atoms with van der Waals surface area (Å²) in [6.45, 7) is 4.23. The zero-order valence-electron chi connectivity index (χ0n) is 11.9. The van der Waals surface area contributed by atoms with E-state index in [9.17, 15) is 4.39 Å². The molecule has 1 aromatic carbocycles. The first kappa shape index (κ1) is 14.6. The molecule has 1 aromatic rings. The van der Waals surface area contributed by atoms with Crippen LogP contribution in [0, 0.1) is 5.82 Å². The van der Waals surface area contributed by atoms with E-state index in [0.29, 0.717) is 12.5 Å². The maximum absolute atomic E-state index is 13.4. The highest BCUT2D eigenvalue weighted by molar-refractivity contribution is 5.78. The van der Waals surface area contributed by atoms with Crippen molar-refractivity contribution in [1.82, 2.24) is 4.90 Å². The Morgan fingerprint density at radius 1 is 1.35 bits per heavy atom. The lowest BCUT2D eigenvalue weighted by atomic mass is 10.1. The molecule has 1 aliphatic heterocycles. The van der Waals surface area contributed by atoms with Crippen molar-refractivity contribution in [2.45, 2.75) is 32.3 Å². The van der Waals surface area contributed by atoms with Crippen LogP contribution in [-0.2, 0) is 0 Å². The Kier molecular flexibility index (Phi) is 5.21. The van der Waals surface area contributed by atoms with E-state index in [-0.39, 0.29) is 17.7 Å². The van der Waals surface area contributed by atoms with E-state index < -0.39 is 0 Å². The first-order valence-corrected chi connectivity index (χ1v) is 7.13. The van der Waals surface area contributed by atoms with Crippen molar-refractivity contribution in [3.63, 3.8) is 0 Å². The average molecular weight is 279 g/mol. The molecule has 20 heavy (non-hydrogen) atoms. The Labute approximate surface area is 119 Å². The number of benzene rings is 1. The molecule has 0 amide bonds. The zero-order chi connectivity index (χ0) is 14.4. The summed E-state index contributed by atoms with van der Waals surface area (Å²) in [5.41, 5.74) is 5.97. The summed E-state index contributed by atoms with van der Waals surface area (Å²) in [5.74, 6) is 0.466. The monoisotopic (exact) mass is 279 g/mol. The number of ether oxygens (including phenoxy) is 1. The summed E-state index contributed by atoms with van der Waals surface area (Å²) in [5, 5.41) is 0. The fourth-order valence-electron chi connectivity index (χ4n) is 2.24. The van der Waals surface area contributed by atoms with Gasteiger partial charge in [0.2, 0.25) is 0 Å². The molecule has 0 spiro atoms. The summed E-state index contributed by atoms with van der Waals surface area (Å²) in [6, 6.07) is 6.38. The number of hydrogen-bond acceptors (Lipinski definition) is 2. The average Bonchev–Trinajstić information content (AvgIpc) is 2.48. The third-order valence-electron chi connectivity index (χ3n) is 3.36. The molecule has 0 bridgehead atoms. The van der Waals surface area contributed by atoms with Crippen molar-refractivity contribution in [1.29, 1.82) is 0 Å². The first-order chi connectivity index (χ1) is 9.66. The quantitative estimate of drug-likeness (QED) is 0.680. The Morgan fingerprint density at radius 2 is 2.05 bits per heavy atom. The van der Waals surface area contributed by atoms with Crippen LogP contribution in [0.2, 0.25) is 0 Å². The molecule has 0 aliphatic carbocycles. The van der Waals surface area contributed by atoms with Gasteiger partial charge in [-0.25, -0.2) is 9.38 Å². The predicted molar refractivity (Wildman–Crippen MR) is 78.4 cm³/mol. The third kappa shape index (κ3) is 4.11. The molecular formula is C15H22FN3O. The molecular weight excluding hydrogens is 257 g/mol. The molecule has 1 unspecified atom stereocenters. The highest BCUT2D eigenvalue weighted by Gasteiger charge is 2.13. The minimum atomic E-state index is -0.354. The summed E-state index contributed by atoms with van der Waals surface area (Å²) in [7, 11) is 0. The molecule has 1 aliphatic rings. The molecule has 5 heteroatoms. The second kappa shape index (κ2) is 7.12. The molecule has 0 radical (unpaired) electrons. The van der Waals surface area contributed by atoms with Gasteiger partial charge in [0.15, 0.2) is 17.5 Å². The number of rotatable bonds is 4. The molecule has 110 valence electrons. The second-order valence-corrected chi connectivity index (χ2v) is 5.11. The largest absolute Gasteiger partial charge is 0.486 e. The minimum Gasteiger partial charge on any atom is -0.486 e. The molecule has 1 heterocycles. The molecule has 2 N–H and O–H groups in total. The van der Waals surface area contributed by atoms with E-state index >= 15 is 0 Å². The van der Waals surface area contributed by atoms with Crippen LogP contribution in [0.4, 0.5) is 4.39 Å². The van der Waals surface area contributed by atoms with Gasteiger partial charge in [-0.1, -0.05) is 12.1 Å². The number of aliphatic imine (C=N–C) groups is 1. The van der Waals surface area contributed by atoms with Crippen LogP contribution in [0.5, 0.6) is 5.75 Å². The second-order valence-electron chi connectivity index (χ2n) is 5.11. The molecule has 0 aromatic heterocycles. The van der Waals surface area contributed by atoms with E-state index in [1.54, 1.807) is 18.2 Å². The number of guanidine groups is 1. The van der Waals surface area contributed by atoms with Gasteiger partial charge in [-0.2, -0.15) is 0 Å². The maximum Gasteiger partial charge on any atom is 0.191 e. The van der Waals surface area contributed by atoms with Gasteiger partial charge in [0.25, 0.3) is 0 Å². The smallest absolute Gasteiger partial charge is 0.191 e. The maximum atomic E-state index is 13.4. The van der Waals surface area contributed by atoms with Crippen LogP contribution >= 0.6 is 0 Å². The SMILES string of the molecule is CC(CN=C(N)N1CCCCC1)Oc1ccccc1F. The van der Waals surface area contributed by atoms with Crippen molar-refractivity contribution >= 4 is 5.96 Å². The van der Waals surface area contributed by atoms with Crippen molar-refractivity contribution < 1.29 is 9.13 Å². The Balaban J connectivity index is 1.85. The fraction of sp³-hybridized carbons (Fsp3) is 0.533. The van der Waals surface area contributed by atoms with E-state index in [1.807, 2.05) is 6.92 Å². The van der Waals surface area contributed by atoms with Crippen LogP contribution in [0.15, 0.2) is 29.3 Å². The van der Waals surface area contributed by atoms with E-state index in [2.05, 4.69) is 9.89 Å². The zero-order valence-corrected chi connectivity index (χ0v) is 11.9. The van der Waals surface area contributed by atoms with Crippen LogP contribution < -0.4 is 10.5 Å². The van der Waals surface area contributed by atoms with Gasteiger partial charge in [0.1, 0.15) is 6.10 Å². The number of nitrogens with zero attached hydrogens (tertiary/aromatic N) is 2. The summed E-state index contributed by atoms with van der Waals surface area (Å²) >= 11 is 0. The van der Waals surface area contributed by atoms with Gasteiger partial charge in [-0.05, 0) is 38.3 Å². The van der Waals surface area contributed by atoms with E-state index in [4.69, 9.17) is 10.5 Å². The third-order valence-corrected chi connectivity index (χ3v) is 3.36. The summed E-state index contributed by atoms with van der Waals surface area (Å²) < 4.78 is 19.0. The number of piperidine rings is 1. The van der Waals surface area contributed by atoms with Crippen LogP contribution in [0.25, 0.3) is 0 Å². The van der Waals surface area contributed by atoms with Gasteiger partial charge < -0.3 is 15.4 Å². The number of hydrogen-bond donors (Lipinski definition) is 1. The lowest BCUT2D eigenvalue weighted by Gasteiger charge is -2.27. The van der Waals surface area contributed by atoms with Crippen LogP contribution in [0.1, 0.15) is 26.2 Å². The van der Waals surface area contributed by atoms with Crippen LogP contribution in [0.3, 0.4) is 0 Å². The van der Waals surface area contributed by atoms with Gasteiger partial charge >= 0.3 is 0 Å². The highest BCUT2D eigenvalue weighted by atomic mass is 19.1. The summed E-state index contributed by atoms with van der Waals surface area (Å²) in [4.78, 5) is 6.44. The highest BCUT2D eigenvalue weighted by Crippen LogP contribution is 2.17. The van der Waals surface area contributed by atoms with Gasteiger partial charge in [0, 0.05) is 13.1 Å². The van der Waals surface area contributed by atoms with Crippen molar-refractivity contribution in [2.75, 3.05) is 19.6 Å². The minimum absolute atomic E-state index is 0.213. The topological polar surface area (TPSA) is 50.8 Å². The Bertz CT molecular complexity index is 458. The lowest BCUT2D eigenvalue weighted by Crippen LogP contribution is -2.41. The molecule has 1 saturated heterocycles. The standard InChI is InChI=1S/C15H22FN3O/c1-12(20-14-8-4-3-7-13(14)16)11-18-15(17)19-9-5-2-6-10-19/h3-4,7-8,12H,2,5-6,9-11H2,1H3,(H2,17,18). The molecule has 4 nitrogen and oxygen atoms in total. The van der Waals surface area contributed by atoms with Crippen molar-refractivity contribution in [3.8, 4) is 5.75 Å². The Hall–Kier alpha value is -1.78.